The van der Waals surface area contributed by atoms with Crippen LogP contribution in [0.3, 0.4) is 0 Å². The van der Waals surface area contributed by atoms with Crippen molar-refractivity contribution in [1.29, 1.82) is 0 Å². The summed E-state index contributed by atoms with van der Waals surface area (Å²) >= 11 is 0. The van der Waals surface area contributed by atoms with E-state index < -0.39 is 5.91 Å². The number of hydrogen-bond acceptors (Lipinski definition) is 6. The minimum Gasteiger partial charge on any atom is -0.363 e. The molecule has 0 bridgehead atoms. The summed E-state index contributed by atoms with van der Waals surface area (Å²) in [4.78, 5) is 26.2. The van der Waals surface area contributed by atoms with Gasteiger partial charge in [-0.1, -0.05) is 0 Å². The largest absolute Gasteiger partial charge is 0.363 e. The SMILES string of the molecule is Cc1nc(C(N)=O)nc(N2CC[C@@H](NC(C)c3ncccc3F)C2)c1C. The molecule has 2 atom stereocenters. The Morgan fingerprint density at radius 2 is 2.19 bits per heavy atom. The third-order valence-corrected chi connectivity index (χ3v) is 4.75. The molecular weight excluding hydrogens is 335 g/mol. The number of anilines is 1. The fourth-order valence-corrected chi connectivity index (χ4v) is 3.27. The van der Waals surface area contributed by atoms with Gasteiger partial charge < -0.3 is 16.0 Å². The maximum Gasteiger partial charge on any atom is 0.286 e. The zero-order valence-electron chi connectivity index (χ0n) is 15.2. The molecule has 0 aliphatic carbocycles. The number of aryl methyl sites for hydroxylation is 1. The van der Waals surface area contributed by atoms with E-state index in [0.717, 1.165) is 30.0 Å². The van der Waals surface area contributed by atoms with Crippen LogP contribution in [-0.4, -0.2) is 40.0 Å². The van der Waals surface area contributed by atoms with Crippen molar-refractivity contribution in [3.8, 4) is 0 Å². The van der Waals surface area contributed by atoms with E-state index in [-0.39, 0.29) is 23.7 Å². The Balaban J connectivity index is 1.73. The summed E-state index contributed by atoms with van der Waals surface area (Å²) in [5.74, 6) is -0.186. The van der Waals surface area contributed by atoms with Gasteiger partial charge in [0.25, 0.3) is 5.91 Å². The Labute approximate surface area is 151 Å². The van der Waals surface area contributed by atoms with Crippen molar-refractivity contribution in [2.45, 2.75) is 39.3 Å². The van der Waals surface area contributed by atoms with Crippen molar-refractivity contribution < 1.29 is 9.18 Å². The standard InChI is InChI=1S/C18H23FN6O/c1-10-11(2)23-17(16(20)26)24-18(10)25-8-6-13(9-25)22-12(3)15-14(19)5-4-7-21-15/h4-5,7,12-13,22H,6,8-9H2,1-3H3,(H2,20,26)/t12?,13-/m1/s1. The molecule has 1 unspecified atom stereocenters. The number of pyridine rings is 1. The number of aromatic nitrogens is 3. The molecule has 2 aromatic rings. The highest BCUT2D eigenvalue weighted by molar-refractivity contribution is 5.89. The second-order valence-corrected chi connectivity index (χ2v) is 6.64. The predicted molar refractivity (Wildman–Crippen MR) is 96.4 cm³/mol. The Morgan fingerprint density at radius 1 is 1.42 bits per heavy atom. The third kappa shape index (κ3) is 3.65. The van der Waals surface area contributed by atoms with E-state index in [1.54, 1.807) is 12.3 Å². The highest BCUT2D eigenvalue weighted by Gasteiger charge is 2.28. The lowest BCUT2D eigenvalue weighted by Gasteiger charge is -2.22. The predicted octanol–water partition coefficient (Wildman–Crippen LogP) is 1.66. The summed E-state index contributed by atoms with van der Waals surface area (Å²) in [6, 6.07) is 2.97. The van der Waals surface area contributed by atoms with Gasteiger partial charge in [0.1, 0.15) is 11.6 Å². The molecule has 0 saturated carbocycles. The molecule has 138 valence electrons. The average molecular weight is 358 g/mol. The number of carbonyl (C=O) groups excluding carboxylic acids is 1. The summed E-state index contributed by atoms with van der Waals surface area (Å²) in [7, 11) is 0. The van der Waals surface area contributed by atoms with Crippen LogP contribution in [0.2, 0.25) is 0 Å². The van der Waals surface area contributed by atoms with E-state index in [9.17, 15) is 9.18 Å². The quantitative estimate of drug-likeness (QED) is 0.844. The number of nitrogens with one attached hydrogen (secondary N) is 1. The number of amides is 1. The number of nitrogens with zero attached hydrogens (tertiary/aromatic N) is 4. The van der Waals surface area contributed by atoms with Crippen molar-refractivity contribution in [1.82, 2.24) is 20.3 Å². The molecule has 0 radical (unpaired) electrons. The van der Waals surface area contributed by atoms with E-state index in [2.05, 4.69) is 25.2 Å². The Hall–Kier alpha value is -2.61. The lowest BCUT2D eigenvalue weighted by atomic mass is 10.1. The van der Waals surface area contributed by atoms with Crippen LogP contribution in [0.1, 0.15) is 47.0 Å². The maximum absolute atomic E-state index is 13.9. The van der Waals surface area contributed by atoms with Crippen molar-refractivity contribution in [3.05, 3.63) is 46.9 Å². The lowest BCUT2D eigenvalue weighted by molar-refractivity contribution is 0.0990. The normalized spacial score (nSPS) is 18.2. The molecule has 3 rings (SSSR count). The zero-order valence-corrected chi connectivity index (χ0v) is 15.2. The smallest absolute Gasteiger partial charge is 0.286 e. The van der Waals surface area contributed by atoms with Crippen LogP contribution >= 0.6 is 0 Å². The van der Waals surface area contributed by atoms with Gasteiger partial charge in [-0.2, -0.15) is 0 Å². The summed E-state index contributed by atoms with van der Waals surface area (Å²) in [5, 5.41) is 3.43. The van der Waals surface area contributed by atoms with Crippen LogP contribution in [0.4, 0.5) is 10.2 Å². The number of carbonyl (C=O) groups is 1. The fourth-order valence-electron chi connectivity index (χ4n) is 3.27. The summed E-state index contributed by atoms with van der Waals surface area (Å²) in [6.45, 7) is 7.16. The number of hydrogen-bond donors (Lipinski definition) is 2. The highest BCUT2D eigenvalue weighted by atomic mass is 19.1. The second kappa shape index (κ2) is 7.33. The van der Waals surface area contributed by atoms with Gasteiger partial charge in [0.2, 0.25) is 5.82 Å². The minimum atomic E-state index is -0.637. The van der Waals surface area contributed by atoms with E-state index in [4.69, 9.17) is 5.73 Å². The lowest BCUT2D eigenvalue weighted by Crippen LogP contribution is -2.35. The van der Waals surface area contributed by atoms with Gasteiger partial charge in [-0.3, -0.25) is 9.78 Å². The van der Waals surface area contributed by atoms with Crippen LogP contribution in [0.25, 0.3) is 0 Å². The summed E-state index contributed by atoms with van der Waals surface area (Å²) in [5.41, 5.74) is 7.42. The highest BCUT2D eigenvalue weighted by Crippen LogP contribution is 2.25. The molecule has 26 heavy (non-hydrogen) atoms. The number of nitrogens with two attached hydrogens (primary N) is 1. The van der Waals surface area contributed by atoms with Crippen LogP contribution in [0, 0.1) is 19.7 Å². The van der Waals surface area contributed by atoms with Crippen molar-refractivity contribution in [2.24, 2.45) is 5.73 Å². The zero-order chi connectivity index (χ0) is 18.8. The second-order valence-electron chi connectivity index (χ2n) is 6.64. The van der Waals surface area contributed by atoms with E-state index in [1.165, 1.54) is 6.07 Å². The van der Waals surface area contributed by atoms with Crippen LogP contribution in [0.5, 0.6) is 0 Å². The third-order valence-electron chi connectivity index (χ3n) is 4.75. The summed E-state index contributed by atoms with van der Waals surface area (Å²) in [6.07, 6.45) is 2.48. The molecular formula is C18H23FN6O. The van der Waals surface area contributed by atoms with E-state index in [0.29, 0.717) is 12.2 Å². The number of halogens is 1. The van der Waals surface area contributed by atoms with Gasteiger partial charge in [-0.25, -0.2) is 14.4 Å². The molecule has 0 spiro atoms. The first-order chi connectivity index (χ1) is 12.4. The van der Waals surface area contributed by atoms with Crippen LogP contribution < -0.4 is 16.0 Å². The molecule has 1 saturated heterocycles. The van der Waals surface area contributed by atoms with Gasteiger partial charge in [0, 0.05) is 42.6 Å². The molecule has 0 aromatic carbocycles. The Morgan fingerprint density at radius 3 is 2.88 bits per heavy atom. The van der Waals surface area contributed by atoms with Gasteiger partial charge >= 0.3 is 0 Å². The first kappa shape index (κ1) is 18.2. The topological polar surface area (TPSA) is 97.0 Å². The summed E-state index contributed by atoms with van der Waals surface area (Å²) < 4.78 is 13.9. The molecule has 3 heterocycles. The number of primary amides is 1. The Kier molecular flexibility index (Phi) is 5.13. The molecule has 1 aliphatic rings. The van der Waals surface area contributed by atoms with Crippen LogP contribution in [-0.2, 0) is 0 Å². The monoisotopic (exact) mass is 358 g/mol. The molecule has 1 amide bonds. The van der Waals surface area contributed by atoms with Crippen molar-refractivity contribution in [3.63, 3.8) is 0 Å². The average Bonchev–Trinajstić information content (AvgIpc) is 3.05. The van der Waals surface area contributed by atoms with Gasteiger partial charge in [-0.15, -0.1) is 0 Å². The molecule has 8 heteroatoms. The van der Waals surface area contributed by atoms with Crippen molar-refractivity contribution in [2.75, 3.05) is 18.0 Å². The molecule has 2 aromatic heterocycles. The Bertz CT molecular complexity index is 827. The molecule has 1 aliphatic heterocycles. The molecule has 1 fully saturated rings. The van der Waals surface area contributed by atoms with E-state index in [1.807, 2.05) is 20.8 Å². The molecule has 7 nitrogen and oxygen atoms in total. The fraction of sp³-hybridized carbons (Fsp3) is 0.444. The van der Waals surface area contributed by atoms with Crippen molar-refractivity contribution >= 4 is 11.7 Å². The van der Waals surface area contributed by atoms with Crippen LogP contribution in [0.15, 0.2) is 18.3 Å². The molecule has 3 N–H and O–H groups in total. The van der Waals surface area contributed by atoms with Gasteiger partial charge in [0.05, 0.1) is 5.69 Å². The first-order valence-corrected chi connectivity index (χ1v) is 8.63. The minimum absolute atomic E-state index is 0.0310. The van der Waals surface area contributed by atoms with E-state index >= 15 is 0 Å². The van der Waals surface area contributed by atoms with Gasteiger partial charge in [0.15, 0.2) is 0 Å². The van der Waals surface area contributed by atoms with Gasteiger partial charge in [-0.05, 0) is 39.3 Å². The number of rotatable bonds is 5. The maximum atomic E-state index is 13.9. The first-order valence-electron chi connectivity index (χ1n) is 8.63.